The van der Waals surface area contributed by atoms with Gasteiger partial charge in [0, 0.05) is 49.4 Å². The number of likely N-dealkylation sites (tertiary alicyclic amines) is 1. The minimum absolute atomic E-state index is 0.000985. The Bertz CT molecular complexity index is 940. The molecule has 1 aliphatic heterocycles. The van der Waals surface area contributed by atoms with Crippen LogP contribution in [0.1, 0.15) is 40.0 Å². The topological polar surface area (TPSA) is 71.0 Å². The van der Waals surface area contributed by atoms with Crippen molar-refractivity contribution in [1.82, 2.24) is 19.7 Å². The van der Waals surface area contributed by atoms with Crippen LogP contribution in [-0.2, 0) is 7.05 Å². The molecule has 0 radical (unpaired) electrons. The van der Waals surface area contributed by atoms with E-state index in [1.165, 1.54) is 0 Å². The van der Waals surface area contributed by atoms with E-state index in [9.17, 15) is 9.59 Å². The van der Waals surface area contributed by atoms with Crippen molar-refractivity contribution < 1.29 is 9.59 Å². The SMILES string of the molecule is Cn1cc(C(=O)C[C@@H]2CCCN2C(=O)c2c[nH]c3ccccc23)cn1. The van der Waals surface area contributed by atoms with Gasteiger partial charge in [0.2, 0.25) is 0 Å². The lowest BCUT2D eigenvalue weighted by Gasteiger charge is -2.24. The molecule has 0 spiro atoms. The minimum atomic E-state index is -0.0473. The molecule has 1 saturated heterocycles. The normalized spacial score (nSPS) is 17.3. The summed E-state index contributed by atoms with van der Waals surface area (Å²) in [4.78, 5) is 30.5. The fourth-order valence-electron chi connectivity index (χ4n) is 3.62. The van der Waals surface area contributed by atoms with Crippen LogP contribution < -0.4 is 0 Å². The maximum Gasteiger partial charge on any atom is 0.256 e. The summed E-state index contributed by atoms with van der Waals surface area (Å²) in [5.41, 5.74) is 2.23. The molecule has 1 N–H and O–H groups in total. The molecule has 2 aromatic heterocycles. The fourth-order valence-corrected chi connectivity index (χ4v) is 3.62. The summed E-state index contributed by atoms with van der Waals surface area (Å²) in [7, 11) is 1.79. The quantitative estimate of drug-likeness (QED) is 0.745. The number of amides is 1. The number of aromatic nitrogens is 3. The Morgan fingerprint density at radius 1 is 1.32 bits per heavy atom. The van der Waals surface area contributed by atoms with Crippen molar-refractivity contribution in [3.8, 4) is 0 Å². The van der Waals surface area contributed by atoms with Crippen LogP contribution in [0, 0.1) is 0 Å². The molecule has 1 aliphatic rings. The van der Waals surface area contributed by atoms with E-state index in [4.69, 9.17) is 0 Å². The van der Waals surface area contributed by atoms with Gasteiger partial charge in [0.25, 0.3) is 5.91 Å². The third kappa shape index (κ3) is 2.84. The molecule has 4 rings (SSSR count). The Hall–Kier alpha value is -2.89. The van der Waals surface area contributed by atoms with E-state index in [1.54, 1.807) is 30.3 Å². The number of rotatable bonds is 4. The Morgan fingerprint density at radius 3 is 2.96 bits per heavy atom. The van der Waals surface area contributed by atoms with Gasteiger partial charge in [0.15, 0.2) is 5.78 Å². The number of nitrogens with one attached hydrogen (secondary N) is 1. The summed E-state index contributed by atoms with van der Waals surface area (Å²) in [5.74, 6) is 0.0377. The Labute approximate surface area is 145 Å². The lowest BCUT2D eigenvalue weighted by atomic mass is 10.0. The molecule has 0 bridgehead atoms. The molecule has 1 fully saturated rings. The van der Waals surface area contributed by atoms with Crippen molar-refractivity contribution in [2.45, 2.75) is 25.3 Å². The van der Waals surface area contributed by atoms with Gasteiger partial charge in [-0.25, -0.2) is 0 Å². The van der Waals surface area contributed by atoms with Crippen LogP contribution in [0.2, 0.25) is 0 Å². The Balaban J connectivity index is 1.55. The van der Waals surface area contributed by atoms with Crippen LogP contribution in [-0.4, -0.2) is 43.9 Å². The maximum absolute atomic E-state index is 13.0. The lowest BCUT2D eigenvalue weighted by Crippen LogP contribution is -2.36. The van der Waals surface area contributed by atoms with Crippen LogP contribution >= 0.6 is 0 Å². The van der Waals surface area contributed by atoms with Crippen molar-refractivity contribution in [1.29, 1.82) is 0 Å². The number of H-pyrrole nitrogens is 1. The number of carbonyl (C=O) groups excluding carboxylic acids is 2. The van der Waals surface area contributed by atoms with Gasteiger partial charge in [-0.2, -0.15) is 5.10 Å². The maximum atomic E-state index is 13.0. The first-order valence-corrected chi connectivity index (χ1v) is 8.52. The monoisotopic (exact) mass is 336 g/mol. The largest absolute Gasteiger partial charge is 0.360 e. The second-order valence-electron chi connectivity index (χ2n) is 6.57. The van der Waals surface area contributed by atoms with Crippen molar-refractivity contribution in [2.75, 3.05) is 6.54 Å². The molecule has 3 heterocycles. The number of Topliss-reactive ketones (excluding diaryl/α,β-unsaturated/α-hetero) is 1. The van der Waals surface area contributed by atoms with Crippen molar-refractivity contribution in [3.63, 3.8) is 0 Å². The van der Waals surface area contributed by atoms with E-state index in [0.29, 0.717) is 24.1 Å². The highest BCUT2D eigenvalue weighted by atomic mass is 16.2. The van der Waals surface area contributed by atoms with Gasteiger partial charge in [-0.1, -0.05) is 18.2 Å². The molecule has 1 aromatic carbocycles. The van der Waals surface area contributed by atoms with Crippen molar-refractivity contribution in [3.05, 3.63) is 54.0 Å². The number of nitrogens with zero attached hydrogens (tertiary/aromatic N) is 3. The second-order valence-corrected chi connectivity index (χ2v) is 6.57. The smallest absolute Gasteiger partial charge is 0.256 e. The van der Waals surface area contributed by atoms with Gasteiger partial charge in [-0.3, -0.25) is 14.3 Å². The van der Waals surface area contributed by atoms with E-state index >= 15 is 0 Å². The van der Waals surface area contributed by atoms with E-state index in [-0.39, 0.29) is 17.7 Å². The van der Waals surface area contributed by atoms with Crippen molar-refractivity contribution in [2.24, 2.45) is 7.05 Å². The standard InChI is InChI=1S/C19H20N4O2/c1-22-12-13(10-21-22)18(24)9-14-5-4-8-23(14)19(25)16-11-20-17-7-3-2-6-15(16)17/h2-3,6-7,10-12,14,20H,4-5,8-9H2,1H3/t14-/m0/s1. The van der Waals surface area contributed by atoms with Crippen LogP contribution in [0.15, 0.2) is 42.9 Å². The summed E-state index contributed by atoms with van der Waals surface area (Å²) >= 11 is 0. The number of hydrogen-bond donors (Lipinski definition) is 1. The molecular weight excluding hydrogens is 316 g/mol. The molecule has 1 amide bonds. The zero-order valence-electron chi connectivity index (χ0n) is 14.1. The number of hydrogen-bond acceptors (Lipinski definition) is 3. The molecule has 0 unspecified atom stereocenters. The highest BCUT2D eigenvalue weighted by Gasteiger charge is 2.32. The Morgan fingerprint density at radius 2 is 2.16 bits per heavy atom. The van der Waals surface area contributed by atoms with Gasteiger partial charge in [-0.05, 0) is 18.9 Å². The van der Waals surface area contributed by atoms with Crippen LogP contribution in [0.4, 0.5) is 0 Å². The van der Waals surface area contributed by atoms with Crippen LogP contribution in [0.3, 0.4) is 0 Å². The van der Waals surface area contributed by atoms with Crippen molar-refractivity contribution >= 4 is 22.6 Å². The molecule has 1 atom stereocenters. The first kappa shape index (κ1) is 15.6. The molecular formula is C19H20N4O2. The predicted octanol–water partition coefficient (Wildman–Crippen LogP) is 2.78. The third-order valence-electron chi connectivity index (χ3n) is 4.91. The molecule has 3 aromatic rings. The highest BCUT2D eigenvalue weighted by Crippen LogP contribution is 2.26. The van der Waals surface area contributed by atoms with Gasteiger partial charge in [0.1, 0.15) is 0 Å². The average molecular weight is 336 g/mol. The van der Waals surface area contributed by atoms with Gasteiger partial charge >= 0.3 is 0 Å². The number of benzene rings is 1. The second kappa shape index (κ2) is 6.20. The zero-order valence-corrected chi connectivity index (χ0v) is 14.1. The molecule has 0 saturated carbocycles. The van der Waals surface area contributed by atoms with Crippen LogP contribution in [0.5, 0.6) is 0 Å². The molecule has 128 valence electrons. The van der Waals surface area contributed by atoms with Crippen LogP contribution in [0.25, 0.3) is 10.9 Å². The van der Waals surface area contributed by atoms with E-state index in [0.717, 1.165) is 23.7 Å². The number of aromatic amines is 1. The summed E-state index contributed by atoms with van der Waals surface area (Å²) in [5, 5.41) is 4.98. The number of ketones is 1. The number of para-hydroxylation sites is 1. The van der Waals surface area contributed by atoms with Gasteiger partial charge in [0.05, 0.1) is 17.3 Å². The zero-order chi connectivity index (χ0) is 17.4. The molecule has 6 heteroatoms. The lowest BCUT2D eigenvalue weighted by molar-refractivity contribution is 0.0719. The first-order chi connectivity index (χ1) is 12.1. The summed E-state index contributed by atoms with van der Waals surface area (Å²) < 4.78 is 1.62. The summed E-state index contributed by atoms with van der Waals surface area (Å²) in [6.45, 7) is 0.698. The average Bonchev–Trinajstić information content (AvgIpc) is 3.33. The first-order valence-electron chi connectivity index (χ1n) is 8.52. The highest BCUT2D eigenvalue weighted by molar-refractivity contribution is 6.07. The Kier molecular flexibility index (Phi) is 3.87. The number of fused-ring (bicyclic) bond motifs is 1. The van der Waals surface area contributed by atoms with Gasteiger partial charge in [-0.15, -0.1) is 0 Å². The predicted molar refractivity (Wildman–Crippen MR) is 94.5 cm³/mol. The minimum Gasteiger partial charge on any atom is -0.360 e. The third-order valence-corrected chi connectivity index (χ3v) is 4.91. The van der Waals surface area contributed by atoms with Gasteiger partial charge < -0.3 is 9.88 Å². The summed E-state index contributed by atoms with van der Waals surface area (Å²) in [6.07, 6.45) is 7.22. The number of carbonyl (C=O) groups is 2. The fraction of sp³-hybridized carbons (Fsp3) is 0.316. The molecule has 25 heavy (non-hydrogen) atoms. The molecule has 0 aliphatic carbocycles. The summed E-state index contributed by atoms with van der Waals surface area (Å²) in [6, 6.07) is 7.73. The number of aryl methyl sites for hydroxylation is 1. The van der Waals surface area contributed by atoms with E-state index < -0.39 is 0 Å². The molecule has 6 nitrogen and oxygen atoms in total. The van der Waals surface area contributed by atoms with E-state index in [2.05, 4.69) is 10.1 Å². The van der Waals surface area contributed by atoms with E-state index in [1.807, 2.05) is 29.2 Å².